The van der Waals surface area contributed by atoms with Gasteiger partial charge < -0.3 is 19.7 Å². The number of aromatic amines is 1. The van der Waals surface area contributed by atoms with Gasteiger partial charge in [-0.3, -0.25) is 0 Å². The van der Waals surface area contributed by atoms with E-state index in [0.29, 0.717) is 34.6 Å². The molecule has 0 spiro atoms. The van der Waals surface area contributed by atoms with Crippen LogP contribution in [0, 0.1) is 6.92 Å². The minimum absolute atomic E-state index is 0.160. The molecule has 0 saturated carbocycles. The summed E-state index contributed by atoms with van der Waals surface area (Å²) in [7, 11) is 1.72. The Morgan fingerprint density at radius 1 is 1.19 bits per heavy atom. The van der Waals surface area contributed by atoms with Crippen LogP contribution in [0.25, 0.3) is 10.9 Å². The number of nitrogens with one attached hydrogen (secondary N) is 2. The van der Waals surface area contributed by atoms with Crippen molar-refractivity contribution in [3.8, 4) is 0 Å². The van der Waals surface area contributed by atoms with Gasteiger partial charge >= 0.3 is 6.03 Å². The Labute approximate surface area is 190 Å². The van der Waals surface area contributed by atoms with Crippen LogP contribution < -0.4 is 5.32 Å². The topological polar surface area (TPSA) is 74.2 Å². The Kier molecular flexibility index (Phi) is 6.20. The highest BCUT2D eigenvalue weighted by atomic mass is 35.5. The highest BCUT2D eigenvalue weighted by Crippen LogP contribution is 2.35. The van der Waals surface area contributed by atoms with Gasteiger partial charge in [-0.15, -0.1) is 0 Å². The summed E-state index contributed by atoms with van der Waals surface area (Å²) in [6.45, 7) is 2.53. The van der Waals surface area contributed by atoms with Crippen molar-refractivity contribution in [2.45, 2.75) is 19.4 Å². The molecule has 4 rings (SSSR count). The number of urea groups is 1. The first-order valence-electron chi connectivity index (χ1n) is 9.84. The average Bonchev–Trinajstić information content (AvgIpc) is 3.35. The van der Waals surface area contributed by atoms with E-state index in [2.05, 4.69) is 21.5 Å². The van der Waals surface area contributed by atoms with Crippen molar-refractivity contribution < 1.29 is 9.32 Å². The monoisotopic (exact) mass is 456 g/mol. The summed E-state index contributed by atoms with van der Waals surface area (Å²) in [6, 6.07) is 15.1. The van der Waals surface area contributed by atoms with Gasteiger partial charge in [0.2, 0.25) is 0 Å². The summed E-state index contributed by atoms with van der Waals surface area (Å²) in [5.41, 5.74) is 3.67. The molecule has 160 valence electrons. The van der Waals surface area contributed by atoms with E-state index in [9.17, 15) is 4.79 Å². The molecule has 6 nitrogen and oxygen atoms in total. The van der Waals surface area contributed by atoms with E-state index in [-0.39, 0.29) is 11.9 Å². The molecule has 1 atom stereocenters. The highest BCUT2D eigenvalue weighted by molar-refractivity contribution is 6.35. The fourth-order valence-electron chi connectivity index (χ4n) is 3.69. The van der Waals surface area contributed by atoms with Gasteiger partial charge in [-0.2, -0.15) is 0 Å². The number of hydrogen-bond donors (Lipinski definition) is 2. The molecular formula is C23H22Cl2N4O2. The SMILES string of the molecule is Cc1cc(CN(C)C(=O)NCC(c2ccc(Cl)cc2Cl)c2c[nH]c3ccccc23)no1. The van der Waals surface area contributed by atoms with E-state index in [1.807, 2.05) is 49.5 Å². The number of carbonyl (C=O) groups is 1. The van der Waals surface area contributed by atoms with Crippen LogP contribution in [-0.4, -0.2) is 34.7 Å². The molecule has 0 aliphatic rings. The highest BCUT2D eigenvalue weighted by Gasteiger charge is 2.22. The molecule has 1 unspecified atom stereocenters. The number of benzene rings is 2. The van der Waals surface area contributed by atoms with E-state index in [0.717, 1.165) is 22.0 Å². The largest absolute Gasteiger partial charge is 0.361 e. The third-order valence-electron chi connectivity index (χ3n) is 5.21. The lowest BCUT2D eigenvalue weighted by atomic mass is 9.91. The second-order valence-electron chi connectivity index (χ2n) is 7.48. The van der Waals surface area contributed by atoms with Crippen molar-refractivity contribution in [1.82, 2.24) is 20.4 Å². The zero-order valence-corrected chi connectivity index (χ0v) is 18.7. The Morgan fingerprint density at radius 3 is 2.74 bits per heavy atom. The standard InChI is InChI=1S/C23H22Cl2N4O2/c1-14-9-16(28-31-14)13-29(2)23(30)27-12-19(17-8-7-15(24)10-21(17)25)20-11-26-22-6-4-3-5-18(20)22/h3-11,19,26H,12-13H2,1-2H3,(H,27,30). The van der Waals surface area contributed by atoms with Crippen molar-refractivity contribution >= 4 is 40.1 Å². The number of rotatable bonds is 6. The van der Waals surface area contributed by atoms with Gasteiger partial charge in [-0.05, 0) is 36.2 Å². The van der Waals surface area contributed by atoms with E-state index in [1.165, 1.54) is 0 Å². The molecule has 0 radical (unpaired) electrons. The average molecular weight is 457 g/mol. The molecule has 0 fully saturated rings. The van der Waals surface area contributed by atoms with Crippen LogP contribution in [0.1, 0.15) is 28.5 Å². The first-order chi connectivity index (χ1) is 14.9. The Bertz CT molecular complexity index is 1220. The predicted molar refractivity (Wildman–Crippen MR) is 123 cm³/mol. The molecule has 4 aromatic rings. The van der Waals surface area contributed by atoms with E-state index < -0.39 is 0 Å². The smallest absolute Gasteiger partial charge is 0.317 e. The van der Waals surface area contributed by atoms with Gasteiger partial charge in [-0.25, -0.2) is 4.79 Å². The lowest BCUT2D eigenvalue weighted by molar-refractivity contribution is 0.205. The minimum atomic E-state index is -0.212. The summed E-state index contributed by atoms with van der Waals surface area (Å²) < 4.78 is 5.08. The van der Waals surface area contributed by atoms with E-state index >= 15 is 0 Å². The van der Waals surface area contributed by atoms with Gasteiger partial charge in [-0.1, -0.05) is 52.6 Å². The summed E-state index contributed by atoms with van der Waals surface area (Å²) >= 11 is 12.7. The Balaban J connectivity index is 1.58. The van der Waals surface area contributed by atoms with Gasteiger partial charge in [0.1, 0.15) is 11.5 Å². The fourth-order valence-corrected chi connectivity index (χ4v) is 4.23. The third kappa shape index (κ3) is 4.70. The van der Waals surface area contributed by atoms with Crippen LogP contribution in [0.15, 0.2) is 59.3 Å². The molecule has 2 amide bonds. The molecule has 0 saturated heterocycles. The molecule has 2 heterocycles. The number of para-hydroxylation sites is 1. The second-order valence-corrected chi connectivity index (χ2v) is 8.32. The van der Waals surface area contributed by atoms with Gasteiger partial charge in [0.15, 0.2) is 0 Å². The molecule has 0 aliphatic heterocycles. The maximum atomic E-state index is 12.8. The van der Waals surface area contributed by atoms with Crippen LogP contribution in [-0.2, 0) is 6.54 Å². The van der Waals surface area contributed by atoms with Gasteiger partial charge in [0.05, 0.1) is 6.54 Å². The summed E-state index contributed by atoms with van der Waals surface area (Å²) in [5, 5.41) is 9.18. The van der Waals surface area contributed by atoms with Crippen LogP contribution in [0.4, 0.5) is 4.79 Å². The number of aromatic nitrogens is 2. The number of aryl methyl sites for hydroxylation is 1. The number of nitrogens with zero attached hydrogens (tertiary/aromatic N) is 2. The molecule has 0 bridgehead atoms. The molecule has 31 heavy (non-hydrogen) atoms. The first-order valence-corrected chi connectivity index (χ1v) is 10.6. The van der Waals surface area contributed by atoms with E-state index in [4.69, 9.17) is 27.7 Å². The van der Waals surface area contributed by atoms with Crippen molar-refractivity contribution in [2.24, 2.45) is 0 Å². The van der Waals surface area contributed by atoms with Crippen LogP contribution in [0.2, 0.25) is 10.0 Å². The number of carbonyl (C=O) groups excluding carboxylic acids is 1. The number of hydrogen-bond acceptors (Lipinski definition) is 3. The fraction of sp³-hybridized carbons (Fsp3) is 0.217. The number of fused-ring (bicyclic) bond motifs is 1. The van der Waals surface area contributed by atoms with Gasteiger partial charge in [0.25, 0.3) is 0 Å². The summed E-state index contributed by atoms with van der Waals surface area (Å²) in [4.78, 5) is 17.6. The normalized spacial score (nSPS) is 12.1. The Hall–Kier alpha value is -2.96. The summed E-state index contributed by atoms with van der Waals surface area (Å²) in [5.74, 6) is 0.549. The van der Waals surface area contributed by atoms with E-state index in [1.54, 1.807) is 18.0 Å². The first kappa shape index (κ1) is 21.3. The van der Waals surface area contributed by atoms with Gasteiger partial charge in [0, 0.05) is 52.7 Å². The maximum Gasteiger partial charge on any atom is 0.317 e. The number of H-pyrrole nitrogens is 1. The zero-order valence-electron chi connectivity index (χ0n) is 17.2. The molecule has 2 aromatic heterocycles. The molecule has 0 aliphatic carbocycles. The van der Waals surface area contributed by atoms with Crippen molar-refractivity contribution in [3.63, 3.8) is 0 Å². The predicted octanol–water partition coefficient (Wildman–Crippen LogP) is 5.74. The zero-order chi connectivity index (χ0) is 22.0. The lowest BCUT2D eigenvalue weighted by Crippen LogP contribution is -2.39. The Morgan fingerprint density at radius 2 is 2.00 bits per heavy atom. The summed E-state index contributed by atoms with van der Waals surface area (Å²) in [6.07, 6.45) is 1.97. The van der Waals surface area contributed by atoms with Crippen LogP contribution in [0.5, 0.6) is 0 Å². The minimum Gasteiger partial charge on any atom is -0.361 e. The number of halogens is 2. The van der Waals surface area contributed by atoms with Crippen LogP contribution in [0.3, 0.4) is 0 Å². The van der Waals surface area contributed by atoms with Crippen molar-refractivity contribution in [1.29, 1.82) is 0 Å². The molecular weight excluding hydrogens is 435 g/mol. The molecule has 8 heteroatoms. The van der Waals surface area contributed by atoms with Crippen molar-refractivity contribution in [2.75, 3.05) is 13.6 Å². The quantitative estimate of drug-likeness (QED) is 0.388. The third-order valence-corrected chi connectivity index (χ3v) is 5.78. The lowest BCUT2D eigenvalue weighted by Gasteiger charge is -2.22. The molecule has 2 N–H and O–H groups in total. The van der Waals surface area contributed by atoms with Crippen molar-refractivity contribution in [3.05, 3.63) is 87.4 Å². The number of amides is 2. The maximum absolute atomic E-state index is 12.8. The van der Waals surface area contributed by atoms with Crippen LogP contribution >= 0.6 is 23.2 Å². The molecule has 2 aromatic carbocycles. The second kappa shape index (κ2) is 9.04.